The van der Waals surface area contributed by atoms with Gasteiger partial charge in [-0.1, -0.05) is 33.1 Å². The van der Waals surface area contributed by atoms with Gasteiger partial charge in [0.2, 0.25) is 0 Å². The monoisotopic (exact) mass is 238 g/mol. The molecule has 1 atom stereocenters. The third-order valence-electron chi connectivity index (χ3n) is 3.09. The normalized spacial score (nSPS) is 12.9. The topological polar surface area (TPSA) is 55.9 Å². The lowest BCUT2D eigenvalue weighted by molar-refractivity contribution is 0.450. The fourth-order valence-corrected chi connectivity index (χ4v) is 2.08. The van der Waals surface area contributed by atoms with Crippen molar-refractivity contribution in [3.63, 3.8) is 0 Å². The SMILES string of the molecule is CCCCCC(Cc1nccn1CCC)NN. The van der Waals surface area contributed by atoms with Crippen LogP contribution >= 0.6 is 0 Å². The van der Waals surface area contributed by atoms with E-state index in [1.807, 2.05) is 6.20 Å². The molecule has 1 unspecified atom stereocenters. The Morgan fingerprint density at radius 1 is 1.35 bits per heavy atom. The summed E-state index contributed by atoms with van der Waals surface area (Å²) < 4.78 is 2.23. The molecule has 0 bridgehead atoms. The van der Waals surface area contributed by atoms with Gasteiger partial charge in [-0.3, -0.25) is 11.3 Å². The van der Waals surface area contributed by atoms with Crippen molar-refractivity contribution in [1.29, 1.82) is 0 Å². The lowest BCUT2D eigenvalue weighted by Gasteiger charge is -2.16. The van der Waals surface area contributed by atoms with Crippen LogP contribution < -0.4 is 11.3 Å². The van der Waals surface area contributed by atoms with Gasteiger partial charge in [0.15, 0.2) is 0 Å². The molecule has 0 amide bonds. The summed E-state index contributed by atoms with van der Waals surface area (Å²) in [4.78, 5) is 4.42. The summed E-state index contributed by atoms with van der Waals surface area (Å²) in [7, 11) is 0. The second-order valence-electron chi connectivity index (χ2n) is 4.60. The zero-order valence-electron chi connectivity index (χ0n) is 11.2. The molecule has 1 aromatic rings. The molecule has 0 aliphatic rings. The molecule has 3 N–H and O–H groups in total. The highest BCUT2D eigenvalue weighted by atomic mass is 15.2. The number of hydrazine groups is 1. The number of imidazole rings is 1. The Bertz CT molecular complexity index is 295. The van der Waals surface area contributed by atoms with Crippen LogP contribution in [-0.4, -0.2) is 15.6 Å². The Kier molecular flexibility index (Phi) is 6.89. The van der Waals surface area contributed by atoms with E-state index in [0.29, 0.717) is 6.04 Å². The Morgan fingerprint density at radius 2 is 2.18 bits per heavy atom. The van der Waals surface area contributed by atoms with Crippen LogP contribution in [0.3, 0.4) is 0 Å². The van der Waals surface area contributed by atoms with Crippen LogP contribution in [0.15, 0.2) is 12.4 Å². The van der Waals surface area contributed by atoms with Gasteiger partial charge in [-0.25, -0.2) is 4.98 Å². The predicted molar refractivity (Wildman–Crippen MR) is 71.5 cm³/mol. The standard InChI is InChI=1S/C13H26N4/c1-3-5-6-7-12(16-14)11-13-15-8-10-17(13)9-4-2/h8,10,12,16H,3-7,9,11,14H2,1-2H3. The van der Waals surface area contributed by atoms with Gasteiger partial charge in [-0.15, -0.1) is 0 Å². The second kappa shape index (κ2) is 8.25. The van der Waals surface area contributed by atoms with Gasteiger partial charge in [0.1, 0.15) is 5.82 Å². The first-order valence-electron chi connectivity index (χ1n) is 6.77. The predicted octanol–water partition coefficient (Wildman–Crippen LogP) is 2.25. The minimum Gasteiger partial charge on any atom is -0.335 e. The summed E-state index contributed by atoms with van der Waals surface area (Å²) in [5.41, 5.74) is 2.92. The second-order valence-corrected chi connectivity index (χ2v) is 4.60. The van der Waals surface area contributed by atoms with E-state index in [-0.39, 0.29) is 0 Å². The van der Waals surface area contributed by atoms with Crippen molar-refractivity contribution in [3.8, 4) is 0 Å². The fourth-order valence-electron chi connectivity index (χ4n) is 2.08. The molecule has 0 aliphatic carbocycles. The van der Waals surface area contributed by atoms with Gasteiger partial charge in [0, 0.05) is 31.4 Å². The maximum absolute atomic E-state index is 5.61. The van der Waals surface area contributed by atoms with Crippen LogP contribution in [0.1, 0.15) is 51.8 Å². The minimum atomic E-state index is 0.347. The fraction of sp³-hybridized carbons (Fsp3) is 0.769. The van der Waals surface area contributed by atoms with Crippen molar-refractivity contribution in [2.45, 2.75) is 65.0 Å². The van der Waals surface area contributed by atoms with E-state index in [2.05, 4.69) is 35.0 Å². The van der Waals surface area contributed by atoms with Gasteiger partial charge >= 0.3 is 0 Å². The molecule has 98 valence electrons. The Morgan fingerprint density at radius 3 is 2.82 bits per heavy atom. The number of unbranched alkanes of at least 4 members (excludes halogenated alkanes) is 2. The Hall–Kier alpha value is -0.870. The molecule has 4 nitrogen and oxygen atoms in total. The first kappa shape index (κ1) is 14.2. The molecule has 0 aromatic carbocycles. The van der Waals surface area contributed by atoms with E-state index in [1.54, 1.807) is 0 Å². The summed E-state index contributed by atoms with van der Waals surface area (Å²) in [6.07, 6.45) is 10.9. The number of rotatable bonds is 9. The molecule has 1 heterocycles. The van der Waals surface area contributed by atoms with E-state index < -0.39 is 0 Å². The van der Waals surface area contributed by atoms with Gasteiger partial charge in [-0.05, 0) is 12.8 Å². The highest BCUT2D eigenvalue weighted by Gasteiger charge is 2.11. The van der Waals surface area contributed by atoms with Crippen molar-refractivity contribution < 1.29 is 0 Å². The van der Waals surface area contributed by atoms with Gasteiger partial charge in [-0.2, -0.15) is 0 Å². The smallest absolute Gasteiger partial charge is 0.110 e. The first-order chi connectivity index (χ1) is 8.31. The molecule has 0 fully saturated rings. The molecule has 0 radical (unpaired) electrons. The van der Waals surface area contributed by atoms with Crippen molar-refractivity contribution in [1.82, 2.24) is 15.0 Å². The molecule has 0 spiro atoms. The van der Waals surface area contributed by atoms with E-state index in [4.69, 9.17) is 5.84 Å². The number of nitrogens with one attached hydrogen (secondary N) is 1. The Labute approximate surface area is 105 Å². The maximum atomic E-state index is 5.61. The molecule has 4 heteroatoms. The number of hydrogen-bond donors (Lipinski definition) is 2. The molecule has 1 rings (SSSR count). The molecule has 17 heavy (non-hydrogen) atoms. The molecule has 0 saturated carbocycles. The van der Waals surface area contributed by atoms with Gasteiger partial charge in [0.05, 0.1) is 0 Å². The van der Waals surface area contributed by atoms with E-state index in [0.717, 1.165) is 31.6 Å². The molecule has 1 aromatic heterocycles. The third kappa shape index (κ3) is 4.88. The van der Waals surface area contributed by atoms with Gasteiger partial charge < -0.3 is 4.57 Å². The largest absolute Gasteiger partial charge is 0.335 e. The molecule has 0 saturated heterocycles. The lowest BCUT2D eigenvalue weighted by Crippen LogP contribution is -2.37. The van der Waals surface area contributed by atoms with E-state index in [1.165, 1.54) is 19.3 Å². The van der Waals surface area contributed by atoms with Crippen molar-refractivity contribution >= 4 is 0 Å². The summed E-state index contributed by atoms with van der Waals surface area (Å²) in [5.74, 6) is 6.75. The third-order valence-corrected chi connectivity index (χ3v) is 3.09. The number of hydrogen-bond acceptors (Lipinski definition) is 3. The highest BCUT2D eigenvalue weighted by molar-refractivity contribution is 4.95. The zero-order chi connectivity index (χ0) is 12.5. The average Bonchev–Trinajstić information content (AvgIpc) is 2.76. The summed E-state index contributed by atoms with van der Waals surface area (Å²) in [6, 6.07) is 0.347. The van der Waals surface area contributed by atoms with Crippen LogP contribution in [-0.2, 0) is 13.0 Å². The molecular weight excluding hydrogens is 212 g/mol. The summed E-state index contributed by atoms with van der Waals surface area (Å²) >= 11 is 0. The summed E-state index contributed by atoms with van der Waals surface area (Å²) in [5, 5.41) is 0. The number of aryl methyl sites for hydroxylation is 1. The minimum absolute atomic E-state index is 0.347. The highest BCUT2D eigenvalue weighted by Crippen LogP contribution is 2.09. The van der Waals surface area contributed by atoms with Crippen LogP contribution in [0.2, 0.25) is 0 Å². The average molecular weight is 238 g/mol. The Balaban J connectivity index is 2.45. The summed E-state index contributed by atoms with van der Waals surface area (Å²) in [6.45, 7) is 5.45. The van der Waals surface area contributed by atoms with E-state index in [9.17, 15) is 0 Å². The number of nitrogens with two attached hydrogens (primary N) is 1. The number of aromatic nitrogens is 2. The first-order valence-corrected chi connectivity index (χ1v) is 6.77. The number of nitrogens with zero attached hydrogens (tertiary/aromatic N) is 2. The van der Waals surface area contributed by atoms with Crippen molar-refractivity contribution in [2.24, 2.45) is 5.84 Å². The van der Waals surface area contributed by atoms with Crippen LogP contribution in [0.4, 0.5) is 0 Å². The zero-order valence-corrected chi connectivity index (χ0v) is 11.2. The van der Waals surface area contributed by atoms with Crippen molar-refractivity contribution in [3.05, 3.63) is 18.2 Å². The lowest BCUT2D eigenvalue weighted by atomic mass is 10.1. The van der Waals surface area contributed by atoms with Crippen molar-refractivity contribution in [2.75, 3.05) is 0 Å². The van der Waals surface area contributed by atoms with E-state index >= 15 is 0 Å². The molecular formula is C13H26N4. The van der Waals surface area contributed by atoms with Crippen LogP contribution in [0.5, 0.6) is 0 Å². The van der Waals surface area contributed by atoms with Crippen LogP contribution in [0.25, 0.3) is 0 Å². The van der Waals surface area contributed by atoms with Gasteiger partial charge in [0.25, 0.3) is 0 Å². The molecule has 0 aliphatic heterocycles. The van der Waals surface area contributed by atoms with Crippen LogP contribution in [0, 0.1) is 0 Å². The maximum Gasteiger partial charge on any atom is 0.110 e. The quantitative estimate of drug-likeness (QED) is 0.394.